The van der Waals surface area contributed by atoms with Crippen LogP contribution in [0.15, 0.2) is 42.5 Å². The minimum atomic E-state index is -0.967. The molecule has 5 N–H and O–H groups in total. The highest BCUT2D eigenvalue weighted by Crippen LogP contribution is 2.31. The molecule has 7 nitrogen and oxygen atoms in total. The van der Waals surface area contributed by atoms with Crippen molar-refractivity contribution in [3.63, 3.8) is 0 Å². The van der Waals surface area contributed by atoms with Crippen LogP contribution in [-0.4, -0.2) is 36.3 Å². The van der Waals surface area contributed by atoms with E-state index < -0.39 is 23.0 Å². The van der Waals surface area contributed by atoms with Gasteiger partial charge in [0, 0.05) is 23.8 Å². The number of rotatable bonds is 8. The Kier molecular flexibility index (Phi) is 6.93. The topological polar surface area (TPSA) is 109 Å². The van der Waals surface area contributed by atoms with Crippen LogP contribution in [0.5, 0.6) is 0 Å². The van der Waals surface area contributed by atoms with Crippen molar-refractivity contribution in [2.75, 3.05) is 24.6 Å². The molecule has 0 aliphatic rings. The van der Waals surface area contributed by atoms with Crippen molar-refractivity contribution in [1.29, 1.82) is 0 Å². The van der Waals surface area contributed by atoms with Crippen LogP contribution in [0.4, 0.5) is 25.4 Å². The van der Waals surface area contributed by atoms with Gasteiger partial charge >= 0.3 is 0 Å². The van der Waals surface area contributed by atoms with Gasteiger partial charge in [0.15, 0.2) is 5.13 Å². The van der Waals surface area contributed by atoms with Crippen LogP contribution in [-0.2, 0) is 0 Å². The lowest BCUT2D eigenvalue weighted by atomic mass is 10.1. The van der Waals surface area contributed by atoms with Gasteiger partial charge in [-0.3, -0.25) is 9.59 Å². The van der Waals surface area contributed by atoms with Crippen LogP contribution in [0.2, 0.25) is 0 Å². The lowest BCUT2D eigenvalue weighted by molar-refractivity contribution is 0.0939. The van der Waals surface area contributed by atoms with E-state index in [4.69, 9.17) is 5.73 Å². The summed E-state index contributed by atoms with van der Waals surface area (Å²) >= 11 is 0.883. The number of nitrogens with one attached hydrogen (secondary N) is 3. The average Bonchev–Trinajstić information content (AvgIpc) is 3.08. The van der Waals surface area contributed by atoms with Gasteiger partial charge in [0.25, 0.3) is 5.91 Å². The summed E-state index contributed by atoms with van der Waals surface area (Å²) in [5.41, 5.74) is 6.22. The van der Waals surface area contributed by atoms with Gasteiger partial charge in [0.1, 0.15) is 22.3 Å². The van der Waals surface area contributed by atoms with E-state index in [0.29, 0.717) is 17.8 Å². The van der Waals surface area contributed by atoms with Gasteiger partial charge in [-0.15, -0.1) is 0 Å². The maximum Gasteiger partial charge on any atom is 0.251 e. The lowest BCUT2D eigenvalue weighted by Crippen LogP contribution is -2.38. The third-order valence-electron chi connectivity index (χ3n) is 4.34. The van der Waals surface area contributed by atoms with E-state index in [0.717, 1.165) is 23.5 Å². The van der Waals surface area contributed by atoms with Gasteiger partial charge in [0.2, 0.25) is 5.78 Å². The number of thiazole rings is 1. The predicted molar refractivity (Wildman–Crippen MR) is 117 cm³/mol. The van der Waals surface area contributed by atoms with Gasteiger partial charge in [0.05, 0.1) is 5.56 Å². The molecule has 3 aromatic rings. The van der Waals surface area contributed by atoms with Crippen LogP contribution >= 0.6 is 11.3 Å². The second-order valence-electron chi connectivity index (χ2n) is 6.79. The molecule has 10 heteroatoms. The molecule has 0 spiro atoms. The van der Waals surface area contributed by atoms with E-state index >= 15 is 0 Å². The maximum absolute atomic E-state index is 13.9. The first-order valence-electron chi connectivity index (χ1n) is 9.37. The number of benzene rings is 2. The molecule has 1 aromatic heterocycles. The number of nitrogen functional groups attached to an aromatic ring is 1. The first-order valence-corrected chi connectivity index (χ1v) is 10.2. The smallest absolute Gasteiger partial charge is 0.251 e. The summed E-state index contributed by atoms with van der Waals surface area (Å²) in [6.45, 7) is 2.54. The zero-order valence-electron chi connectivity index (χ0n) is 16.8. The standard InChI is InChI=1S/C21H21F2N5O2S/c1-11(10-25-2)26-20(30)12-6-8-13(9-7-12)27-21-28-19(24)18(31-21)17(29)16-14(22)4-3-5-15(16)23/h3-9,11,25H,10,24H2,1-2H3,(H,26,30)(H,27,28)/t11-/m1/s1. The molecule has 1 heterocycles. The van der Waals surface area contributed by atoms with Gasteiger partial charge in [-0.25, -0.2) is 13.8 Å². The largest absolute Gasteiger partial charge is 0.382 e. The molecular formula is C21H21F2N5O2S. The highest BCUT2D eigenvalue weighted by molar-refractivity contribution is 7.18. The first-order chi connectivity index (χ1) is 14.8. The molecule has 0 unspecified atom stereocenters. The SMILES string of the molecule is CNC[C@@H](C)NC(=O)c1ccc(Nc2nc(N)c(C(=O)c3c(F)cccc3F)s2)cc1. The molecule has 0 fully saturated rings. The Morgan fingerprint density at radius 1 is 1.13 bits per heavy atom. The molecule has 0 saturated heterocycles. The average molecular weight is 445 g/mol. The normalized spacial score (nSPS) is 11.7. The van der Waals surface area contributed by atoms with Gasteiger partial charge in [-0.1, -0.05) is 17.4 Å². The predicted octanol–water partition coefficient (Wildman–Crippen LogP) is 3.32. The van der Waals surface area contributed by atoms with Crippen LogP contribution in [0.25, 0.3) is 0 Å². The summed E-state index contributed by atoms with van der Waals surface area (Å²) in [5, 5.41) is 9.10. The molecule has 0 aliphatic carbocycles. The monoisotopic (exact) mass is 445 g/mol. The van der Waals surface area contributed by atoms with E-state index in [-0.39, 0.29) is 27.8 Å². The number of hydrogen-bond acceptors (Lipinski definition) is 7. The Hall–Kier alpha value is -3.37. The van der Waals surface area contributed by atoms with E-state index in [2.05, 4.69) is 20.9 Å². The van der Waals surface area contributed by atoms with Crippen LogP contribution in [0, 0.1) is 11.6 Å². The van der Waals surface area contributed by atoms with E-state index in [1.807, 2.05) is 6.92 Å². The van der Waals surface area contributed by atoms with Crippen molar-refractivity contribution in [2.45, 2.75) is 13.0 Å². The number of nitrogens with two attached hydrogens (primary N) is 1. The second kappa shape index (κ2) is 9.63. The molecule has 31 heavy (non-hydrogen) atoms. The Balaban J connectivity index is 1.73. The summed E-state index contributed by atoms with van der Waals surface area (Å²) in [6.07, 6.45) is 0. The van der Waals surface area contributed by atoms with Crippen molar-refractivity contribution in [2.24, 2.45) is 0 Å². The molecule has 162 valence electrons. The number of nitrogens with zero attached hydrogens (tertiary/aromatic N) is 1. The van der Waals surface area contributed by atoms with Crippen LogP contribution in [0.3, 0.4) is 0 Å². The number of anilines is 3. The molecule has 0 saturated carbocycles. The van der Waals surface area contributed by atoms with Gasteiger partial charge in [-0.05, 0) is 50.4 Å². The summed E-state index contributed by atoms with van der Waals surface area (Å²) in [5.74, 6) is -3.14. The fourth-order valence-corrected chi connectivity index (χ4v) is 3.72. The third-order valence-corrected chi connectivity index (χ3v) is 5.32. The van der Waals surface area contributed by atoms with E-state index in [1.165, 1.54) is 6.07 Å². The Labute approximate surface area is 181 Å². The van der Waals surface area contributed by atoms with Gasteiger partial charge in [-0.2, -0.15) is 0 Å². The van der Waals surface area contributed by atoms with Crippen LogP contribution in [0.1, 0.15) is 32.5 Å². The third kappa shape index (κ3) is 5.22. The van der Waals surface area contributed by atoms with Crippen molar-refractivity contribution in [3.05, 3.63) is 70.1 Å². The summed E-state index contributed by atoms with van der Waals surface area (Å²) in [7, 11) is 1.81. The quantitative estimate of drug-likeness (QED) is 0.396. The van der Waals surface area contributed by atoms with Crippen LogP contribution < -0.4 is 21.7 Å². The highest BCUT2D eigenvalue weighted by Gasteiger charge is 2.24. The number of carbonyl (C=O) groups is 2. The van der Waals surface area contributed by atoms with Crippen molar-refractivity contribution >= 4 is 39.7 Å². The number of ketones is 1. The van der Waals surface area contributed by atoms with E-state index in [1.54, 1.807) is 31.3 Å². The Morgan fingerprint density at radius 3 is 2.39 bits per heavy atom. The fraction of sp³-hybridized carbons (Fsp3) is 0.190. The zero-order chi connectivity index (χ0) is 22.5. The minimum Gasteiger partial charge on any atom is -0.382 e. The Bertz CT molecular complexity index is 1080. The lowest BCUT2D eigenvalue weighted by Gasteiger charge is -2.13. The van der Waals surface area contributed by atoms with Crippen molar-refractivity contribution < 1.29 is 18.4 Å². The molecule has 1 amide bonds. The number of aromatic nitrogens is 1. The molecule has 0 aliphatic heterocycles. The van der Waals surface area contributed by atoms with Crippen molar-refractivity contribution in [1.82, 2.24) is 15.6 Å². The Morgan fingerprint density at radius 2 is 1.77 bits per heavy atom. The first kappa shape index (κ1) is 22.3. The zero-order valence-corrected chi connectivity index (χ0v) is 17.6. The molecular weight excluding hydrogens is 424 g/mol. The number of halogens is 2. The number of carbonyl (C=O) groups excluding carboxylic acids is 2. The van der Waals surface area contributed by atoms with E-state index in [9.17, 15) is 18.4 Å². The highest BCUT2D eigenvalue weighted by atomic mass is 32.1. The molecule has 0 radical (unpaired) electrons. The summed E-state index contributed by atoms with van der Waals surface area (Å²) in [4.78, 5) is 28.8. The summed E-state index contributed by atoms with van der Waals surface area (Å²) < 4.78 is 27.9. The second-order valence-corrected chi connectivity index (χ2v) is 7.79. The number of hydrogen-bond donors (Lipinski definition) is 4. The molecule has 2 aromatic carbocycles. The molecule has 0 bridgehead atoms. The van der Waals surface area contributed by atoms with Gasteiger partial charge < -0.3 is 21.7 Å². The summed E-state index contributed by atoms with van der Waals surface area (Å²) in [6, 6.07) is 9.79. The molecule has 1 atom stereocenters. The molecule has 3 rings (SSSR count). The maximum atomic E-state index is 13.9. The minimum absolute atomic E-state index is 0.0242. The van der Waals surface area contributed by atoms with Crippen molar-refractivity contribution in [3.8, 4) is 0 Å². The number of likely N-dealkylation sites (N-methyl/N-ethyl adjacent to an activating group) is 1. The fourth-order valence-electron chi connectivity index (χ4n) is 2.87. The number of amides is 1.